The smallest absolute Gasteiger partial charge is 0.314 e. The minimum Gasteiger partial charge on any atom is -0.314 e. The molecule has 0 radical (unpaired) electrons. The molecule has 1 aliphatic heterocycles. The maximum absolute atomic E-state index is 12.4. The molecule has 0 amide bonds. The van der Waals surface area contributed by atoms with Crippen molar-refractivity contribution in [3.05, 3.63) is 29.8 Å². The van der Waals surface area contributed by atoms with Crippen LogP contribution >= 0.6 is 0 Å². The fourth-order valence-corrected chi connectivity index (χ4v) is 3.14. The van der Waals surface area contributed by atoms with Crippen LogP contribution < -0.4 is 5.32 Å². The standard InChI is InChI=1S/C10H10F3NO2S/c11-10(12,13)7-2-1-3-8(4-7)17(15,16)9-5-14-6-9/h1-4,9,14H,5-6H2. The predicted octanol–water partition coefficient (Wildman–Crippen LogP) is 1.45. The largest absolute Gasteiger partial charge is 0.416 e. The fourth-order valence-electron chi connectivity index (χ4n) is 1.52. The number of hydrogen-bond donors (Lipinski definition) is 1. The first-order valence-corrected chi connectivity index (χ1v) is 6.48. The summed E-state index contributed by atoms with van der Waals surface area (Å²) in [5, 5.41) is 2.16. The van der Waals surface area contributed by atoms with Gasteiger partial charge in [-0.2, -0.15) is 13.2 Å². The van der Waals surface area contributed by atoms with Gasteiger partial charge in [-0.1, -0.05) is 6.07 Å². The Bertz CT molecular complexity index is 521. The van der Waals surface area contributed by atoms with Crippen LogP contribution in [0.4, 0.5) is 13.2 Å². The second kappa shape index (κ2) is 3.99. The Morgan fingerprint density at radius 2 is 1.88 bits per heavy atom. The highest BCUT2D eigenvalue weighted by Gasteiger charge is 2.35. The van der Waals surface area contributed by atoms with E-state index in [4.69, 9.17) is 0 Å². The highest BCUT2D eigenvalue weighted by Crippen LogP contribution is 2.31. The Kier molecular flexibility index (Phi) is 2.90. The second-order valence-electron chi connectivity index (χ2n) is 3.85. The van der Waals surface area contributed by atoms with Gasteiger partial charge in [0.05, 0.1) is 15.7 Å². The molecule has 0 aromatic heterocycles. The molecule has 0 spiro atoms. The van der Waals surface area contributed by atoms with Crippen LogP contribution in [-0.2, 0) is 16.0 Å². The van der Waals surface area contributed by atoms with Crippen LogP contribution in [0, 0.1) is 0 Å². The van der Waals surface area contributed by atoms with Gasteiger partial charge in [-0.25, -0.2) is 8.42 Å². The molecular weight excluding hydrogens is 255 g/mol. The lowest BCUT2D eigenvalue weighted by molar-refractivity contribution is -0.137. The average molecular weight is 265 g/mol. The van der Waals surface area contributed by atoms with Gasteiger partial charge in [0.2, 0.25) is 0 Å². The number of nitrogens with one attached hydrogen (secondary N) is 1. The van der Waals surface area contributed by atoms with E-state index in [-0.39, 0.29) is 4.90 Å². The summed E-state index contributed by atoms with van der Waals surface area (Å²) < 4.78 is 61.1. The van der Waals surface area contributed by atoms with Gasteiger partial charge >= 0.3 is 6.18 Å². The zero-order chi connectivity index (χ0) is 12.7. The zero-order valence-electron chi connectivity index (χ0n) is 8.66. The van der Waals surface area contributed by atoms with Gasteiger partial charge in [0.1, 0.15) is 0 Å². The second-order valence-corrected chi connectivity index (χ2v) is 6.08. The van der Waals surface area contributed by atoms with Crippen LogP contribution in [0.3, 0.4) is 0 Å². The molecule has 1 aliphatic rings. The maximum atomic E-state index is 12.4. The van der Waals surface area contributed by atoms with Gasteiger partial charge in [-0.3, -0.25) is 0 Å². The third kappa shape index (κ3) is 2.30. The van der Waals surface area contributed by atoms with Crippen molar-refractivity contribution in [2.24, 2.45) is 0 Å². The van der Waals surface area contributed by atoms with E-state index in [1.165, 1.54) is 6.07 Å². The van der Waals surface area contributed by atoms with Gasteiger partial charge in [-0.15, -0.1) is 0 Å². The van der Waals surface area contributed by atoms with Crippen molar-refractivity contribution in [3.63, 3.8) is 0 Å². The molecule has 1 aromatic rings. The van der Waals surface area contributed by atoms with Crippen LogP contribution in [-0.4, -0.2) is 26.8 Å². The highest BCUT2D eigenvalue weighted by atomic mass is 32.2. The summed E-state index contributed by atoms with van der Waals surface area (Å²) in [6, 6.07) is 3.86. The monoisotopic (exact) mass is 265 g/mol. The van der Waals surface area contributed by atoms with E-state index in [1.54, 1.807) is 0 Å². The molecule has 1 N–H and O–H groups in total. The molecule has 7 heteroatoms. The summed E-state index contributed by atoms with van der Waals surface area (Å²) in [5.41, 5.74) is -0.939. The summed E-state index contributed by atoms with van der Waals surface area (Å²) >= 11 is 0. The topological polar surface area (TPSA) is 46.2 Å². The van der Waals surface area contributed by atoms with Crippen LogP contribution in [0.5, 0.6) is 0 Å². The fraction of sp³-hybridized carbons (Fsp3) is 0.400. The van der Waals surface area contributed by atoms with Crippen molar-refractivity contribution in [3.8, 4) is 0 Å². The van der Waals surface area contributed by atoms with Gasteiger partial charge in [0.15, 0.2) is 9.84 Å². The number of benzene rings is 1. The molecule has 0 bridgehead atoms. The molecule has 0 saturated carbocycles. The molecule has 1 fully saturated rings. The van der Waals surface area contributed by atoms with E-state index in [2.05, 4.69) is 5.32 Å². The Labute approximate surface area is 96.6 Å². The van der Waals surface area contributed by atoms with Crippen molar-refractivity contribution in [1.82, 2.24) is 5.32 Å². The van der Waals surface area contributed by atoms with Gasteiger partial charge in [0.25, 0.3) is 0 Å². The Hall–Kier alpha value is -1.08. The maximum Gasteiger partial charge on any atom is 0.416 e. The molecule has 0 atom stereocenters. The summed E-state index contributed by atoms with van der Waals surface area (Å²) in [5.74, 6) is 0. The minimum absolute atomic E-state index is 0.265. The lowest BCUT2D eigenvalue weighted by Crippen LogP contribution is -2.51. The number of halogens is 3. The highest BCUT2D eigenvalue weighted by molar-refractivity contribution is 7.92. The zero-order valence-corrected chi connectivity index (χ0v) is 9.48. The molecule has 0 aliphatic carbocycles. The van der Waals surface area contributed by atoms with Crippen molar-refractivity contribution in [2.45, 2.75) is 16.3 Å². The van der Waals surface area contributed by atoms with E-state index < -0.39 is 26.8 Å². The van der Waals surface area contributed by atoms with Crippen LogP contribution in [0.1, 0.15) is 5.56 Å². The van der Waals surface area contributed by atoms with Gasteiger partial charge in [0, 0.05) is 13.1 Å². The van der Waals surface area contributed by atoms with E-state index in [0.29, 0.717) is 19.2 Å². The molecule has 2 rings (SSSR count). The Balaban J connectivity index is 2.40. The van der Waals surface area contributed by atoms with E-state index >= 15 is 0 Å². The van der Waals surface area contributed by atoms with Gasteiger partial charge < -0.3 is 5.32 Å². The lowest BCUT2D eigenvalue weighted by Gasteiger charge is -2.26. The van der Waals surface area contributed by atoms with Gasteiger partial charge in [-0.05, 0) is 18.2 Å². The molecule has 94 valence electrons. The van der Waals surface area contributed by atoms with Crippen LogP contribution in [0.15, 0.2) is 29.2 Å². The SMILES string of the molecule is O=S(=O)(c1cccc(C(F)(F)F)c1)C1CNC1. The third-order valence-electron chi connectivity index (χ3n) is 2.67. The summed E-state index contributed by atoms with van der Waals surface area (Å²) in [6.07, 6.45) is -4.52. The lowest BCUT2D eigenvalue weighted by atomic mass is 10.2. The van der Waals surface area contributed by atoms with Crippen LogP contribution in [0.25, 0.3) is 0 Å². The van der Waals surface area contributed by atoms with E-state index in [0.717, 1.165) is 12.1 Å². The average Bonchev–Trinajstić information content (AvgIpc) is 2.13. The minimum atomic E-state index is -4.52. The summed E-state index contributed by atoms with van der Waals surface area (Å²) in [4.78, 5) is -0.265. The predicted molar refractivity (Wildman–Crippen MR) is 55.3 cm³/mol. The summed E-state index contributed by atoms with van der Waals surface area (Å²) in [6.45, 7) is 0.581. The first-order chi connectivity index (χ1) is 7.82. The number of hydrogen-bond acceptors (Lipinski definition) is 3. The molecular formula is C10H10F3NO2S. The van der Waals surface area contributed by atoms with E-state index in [1.807, 2.05) is 0 Å². The molecule has 0 unspecified atom stereocenters. The van der Waals surface area contributed by atoms with Crippen molar-refractivity contribution >= 4 is 9.84 Å². The number of sulfone groups is 1. The molecule has 17 heavy (non-hydrogen) atoms. The van der Waals surface area contributed by atoms with Crippen LogP contribution in [0.2, 0.25) is 0 Å². The summed E-state index contributed by atoms with van der Waals surface area (Å²) in [7, 11) is -3.65. The Morgan fingerprint density at radius 1 is 1.24 bits per heavy atom. The number of alkyl halides is 3. The third-order valence-corrected chi connectivity index (χ3v) is 4.79. The Morgan fingerprint density at radius 3 is 2.35 bits per heavy atom. The molecule has 3 nitrogen and oxygen atoms in total. The van der Waals surface area contributed by atoms with Crippen molar-refractivity contribution in [2.75, 3.05) is 13.1 Å². The quantitative estimate of drug-likeness (QED) is 0.880. The van der Waals surface area contributed by atoms with Crippen molar-refractivity contribution < 1.29 is 21.6 Å². The molecule has 1 aromatic carbocycles. The first-order valence-electron chi connectivity index (χ1n) is 4.94. The molecule has 1 heterocycles. The first kappa shape index (κ1) is 12.4. The normalized spacial score (nSPS) is 17.8. The molecule has 1 saturated heterocycles. The number of rotatable bonds is 2. The van der Waals surface area contributed by atoms with Crippen molar-refractivity contribution in [1.29, 1.82) is 0 Å². The van der Waals surface area contributed by atoms with E-state index in [9.17, 15) is 21.6 Å².